The smallest absolute Gasteiger partial charge is 0.253 e. The van der Waals surface area contributed by atoms with Crippen LogP contribution in [0.1, 0.15) is 12.5 Å². The highest BCUT2D eigenvalue weighted by atomic mass is 32.2. The van der Waals surface area contributed by atoms with Gasteiger partial charge in [0.1, 0.15) is 11.6 Å². The number of benzene rings is 1. The third-order valence-corrected chi connectivity index (χ3v) is 4.01. The predicted octanol–water partition coefficient (Wildman–Crippen LogP) is 1.16. The average Bonchev–Trinajstić information content (AvgIpc) is 2.52. The van der Waals surface area contributed by atoms with Crippen molar-refractivity contribution in [3.63, 3.8) is 0 Å². The quantitative estimate of drug-likeness (QED) is 0.540. The van der Waals surface area contributed by atoms with Crippen molar-refractivity contribution in [3.8, 4) is 5.75 Å². The summed E-state index contributed by atoms with van der Waals surface area (Å²) in [6.45, 7) is 2.14. The van der Waals surface area contributed by atoms with Gasteiger partial charge in [-0.25, -0.2) is 4.98 Å². The summed E-state index contributed by atoms with van der Waals surface area (Å²) in [6, 6.07) is 8.63. The molecular formula is C15H18N4O3S. The molecule has 7 nitrogen and oxygen atoms in total. The van der Waals surface area contributed by atoms with E-state index in [1.165, 1.54) is 6.07 Å². The Morgan fingerprint density at radius 3 is 2.74 bits per heavy atom. The number of methoxy groups -OCH3 is 1. The van der Waals surface area contributed by atoms with Crippen LogP contribution in [0.4, 0.5) is 5.82 Å². The molecule has 1 atom stereocenters. The van der Waals surface area contributed by atoms with Crippen LogP contribution in [-0.2, 0) is 11.3 Å². The van der Waals surface area contributed by atoms with E-state index in [-0.39, 0.29) is 17.3 Å². The highest BCUT2D eigenvalue weighted by Gasteiger charge is 2.15. The van der Waals surface area contributed by atoms with Crippen molar-refractivity contribution in [2.24, 2.45) is 0 Å². The molecule has 23 heavy (non-hydrogen) atoms. The summed E-state index contributed by atoms with van der Waals surface area (Å²) in [6.07, 6.45) is 0. The standard InChI is InChI=1S/C15H18N4O3S/c1-9(23-15-18-12(16)7-13(20)19-15)14(21)17-8-10-3-5-11(22-2)6-4-10/h3-7,9H,8H2,1-2H3,(H,17,21)(H3,16,18,19,20)/t9-/m1/s1. The van der Waals surface area contributed by atoms with Gasteiger partial charge in [-0.05, 0) is 24.6 Å². The zero-order valence-corrected chi connectivity index (χ0v) is 13.6. The van der Waals surface area contributed by atoms with Crippen LogP contribution in [0.25, 0.3) is 0 Å². The topological polar surface area (TPSA) is 110 Å². The van der Waals surface area contributed by atoms with E-state index in [1.54, 1.807) is 14.0 Å². The van der Waals surface area contributed by atoms with Crippen molar-refractivity contribution >= 4 is 23.5 Å². The van der Waals surface area contributed by atoms with Crippen molar-refractivity contribution in [1.29, 1.82) is 0 Å². The number of nitrogens with two attached hydrogens (primary N) is 1. The molecule has 2 rings (SSSR count). The maximum atomic E-state index is 12.1. The Labute approximate surface area is 137 Å². The second-order valence-corrected chi connectivity index (χ2v) is 6.13. The maximum Gasteiger partial charge on any atom is 0.253 e. The zero-order chi connectivity index (χ0) is 16.8. The van der Waals surface area contributed by atoms with Gasteiger partial charge < -0.3 is 20.8 Å². The Hall–Kier alpha value is -2.48. The molecule has 122 valence electrons. The Balaban J connectivity index is 1.90. The molecule has 1 heterocycles. The van der Waals surface area contributed by atoms with E-state index in [2.05, 4.69) is 15.3 Å². The van der Waals surface area contributed by atoms with Crippen LogP contribution in [0.3, 0.4) is 0 Å². The van der Waals surface area contributed by atoms with Gasteiger partial charge in [0, 0.05) is 12.6 Å². The van der Waals surface area contributed by atoms with Gasteiger partial charge in [0.05, 0.1) is 12.4 Å². The molecule has 0 bridgehead atoms. The molecule has 0 spiro atoms. The lowest BCUT2D eigenvalue weighted by Crippen LogP contribution is -2.30. The Bertz CT molecular complexity index is 730. The van der Waals surface area contributed by atoms with Crippen LogP contribution in [-0.4, -0.2) is 28.2 Å². The van der Waals surface area contributed by atoms with E-state index in [0.717, 1.165) is 23.1 Å². The number of H-pyrrole nitrogens is 1. The van der Waals surface area contributed by atoms with Gasteiger partial charge >= 0.3 is 0 Å². The van der Waals surface area contributed by atoms with E-state index in [9.17, 15) is 9.59 Å². The fourth-order valence-corrected chi connectivity index (χ4v) is 2.65. The molecule has 0 aliphatic carbocycles. The van der Waals surface area contributed by atoms with Crippen molar-refractivity contribution in [2.75, 3.05) is 12.8 Å². The van der Waals surface area contributed by atoms with Gasteiger partial charge in [-0.3, -0.25) is 9.59 Å². The van der Waals surface area contributed by atoms with Crippen LogP contribution in [0.5, 0.6) is 5.75 Å². The summed E-state index contributed by atoms with van der Waals surface area (Å²) in [5.74, 6) is 0.735. The van der Waals surface area contributed by atoms with Crippen molar-refractivity contribution in [2.45, 2.75) is 23.9 Å². The van der Waals surface area contributed by atoms with Gasteiger partial charge in [0.25, 0.3) is 5.56 Å². The first-order valence-electron chi connectivity index (χ1n) is 6.92. The van der Waals surface area contributed by atoms with E-state index in [1.807, 2.05) is 24.3 Å². The molecule has 0 aliphatic rings. The molecule has 1 amide bonds. The summed E-state index contributed by atoms with van der Waals surface area (Å²) >= 11 is 1.14. The van der Waals surface area contributed by atoms with Crippen LogP contribution in [0, 0.1) is 0 Å². The van der Waals surface area contributed by atoms with Crippen molar-refractivity contribution in [1.82, 2.24) is 15.3 Å². The fraction of sp³-hybridized carbons (Fsp3) is 0.267. The fourth-order valence-electron chi connectivity index (χ4n) is 1.81. The number of hydrogen-bond donors (Lipinski definition) is 3. The van der Waals surface area contributed by atoms with Crippen molar-refractivity contribution < 1.29 is 9.53 Å². The molecule has 0 fully saturated rings. The molecule has 8 heteroatoms. The molecule has 0 radical (unpaired) electrons. The van der Waals surface area contributed by atoms with Crippen LogP contribution in [0.15, 0.2) is 40.3 Å². The molecule has 1 aromatic carbocycles. The first kappa shape index (κ1) is 16.9. The third-order valence-electron chi connectivity index (χ3n) is 3.02. The molecular weight excluding hydrogens is 316 g/mol. The summed E-state index contributed by atoms with van der Waals surface area (Å²) in [5, 5.41) is 2.74. The molecule has 0 saturated carbocycles. The summed E-state index contributed by atoms with van der Waals surface area (Å²) < 4.78 is 5.08. The van der Waals surface area contributed by atoms with Crippen LogP contribution >= 0.6 is 11.8 Å². The van der Waals surface area contributed by atoms with Gasteiger partial charge in [-0.2, -0.15) is 0 Å². The van der Waals surface area contributed by atoms with E-state index in [4.69, 9.17) is 10.5 Å². The average molecular weight is 334 g/mol. The summed E-state index contributed by atoms with van der Waals surface area (Å²) in [4.78, 5) is 30.0. The SMILES string of the molecule is COc1ccc(CNC(=O)[C@@H](C)Sc2nc(N)cc(=O)[nH]2)cc1. The second-order valence-electron chi connectivity index (χ2n) is 4.80. The highest BCUT2D eigenvalue weighted by Crippen LogP contribution is 2.19. The number of rotatable bonds is 6. The lowest BCUT2D eigenvalue weighted by molar-refractivity contribution is -0.120. The largest absolute Gasteiger partial charge is 0.497 e. The first-order valence-corrected chi connectivity index (χ1v) is 7.80. The summed E-state index contributed by atoms with van der Waals surface area (Å²) in [7, 11) is 1.60. The number of nitrogens with zero attached hydrogens (tertiary/aromatic N) is 1. The molecule has 0 unspecified atom stereocenters. The van der Waals surface area contributed by atoms with Crippen molar-refractivity contribution in [3.05, 3.63) is 46.2 Å². The second kappa shape index (κ2) is 7.68. The number of ether oxygens (including phenoxy) is 1. The number of aromatic nitrogens is 2. The van der Waals surface area contributed by atoms with E-state index in [0.29, 0.717) is 11.7 Å². The molecule has 0 aliphatic heterocycles. The third kappa shape index (κ3) is 5.03. The highest BCUT2D eigenvalue weighted by molar-refractivity contribution is 8.00. The number of nitrogen functional groups attached to an aromatic ring is 1. The minimum atomic E-state index is -0.418. The molecule has 1 aromatic heterocycles. The molecule has 2 aromatic rings. The summed E-state index contributed by atoms with van der Waals surface area (Å²) in [5.41, 5.74) is 6.14. The Kier molecular flexibility index (Phi) is 5.64. The van der Waals surface area contributed by atoms with Gasteiger partial charge in [-0.15, -0.1) is 0 Å². The normalized spacial score (nSPS) is 11.7. The predicted molar refractivity (Wildman–Crippen MR) is 89.4 cm³/mol. The number of amides is 1. The monoisotopic (exact) mass is 334 g/mol. The number of hydrogen-bond acceptors (Lipinski definition) is 6. The number of thioether (sulfide) groups is 1. The first-order chi connectivity index (χ1) is 11.0. The Morgan fingerprint density at radius 1 is 1.43 bits per heavy atom. The number of anilines is 1. The number of carbonyl (C=O) groups excluding carboxylic acids is 1. The van der Waals surface area contributed by atoms with Gasteiger partial charge in [0.2, 0.25) is 5.91 Å². The van der Waals surface area contributed by atoms with Gasteiger partial charge in [-0.1, -0.05) is 23.9 Å². The Morgan fingerprint density at radius 2 is 2.13 bits per heavy atom. The molecule has 4 N–H and O–H groups in total. The maximum absolute atomic E-state index is 12.1. The van der Waals surface area contributed by atoms with E-state index >= 15 is 0 Å². The zero-order valence-electron chi connectivity index (χ0n) is 12.8. The number of nitrogens with one attached hydrogen (secondary N) is 2. The lowest BCUT2D eigenvalue weighted by Gasteiger charge is -2.11. The minimum Gasteiger partial charge on any atom is -0.497 e. The molecule has 0 saturated heterocycles. The van der Waals surface area contributed by atoms with E-state index < -0.39 is 5.25 Å². The lowest BCUT2D eigenvalue weighted by atomic mass is 10.2. The minimum absolute atomic E-state index is 0.127. The number of aromatic amines is 1. The van der Waals surface area contributed by atoms with Gasteiger partial charge in [0.15, 0.2) is 5.16 Å². The number of carbonyl (C=O) groups is 1. The van der Waals surface area contributed by atoms with Crippen LogP contribution < -0.4 is 21.3 Å². The van der Waals surface area contributed by atoms with Crippen LogP contribution in [0.2, 0.25) is 0 Å².